The Labute approximate surface area is 171 Å². The number of carbonyl (C=O) groups is 2. The van der Waals surface area contributed by atoms with E-state index in [4.69, 9.17) is 4.74 Å². The summed E-state index contributed by atoms with van der Waals surface area (Å²) in [6.45, 7) is 12.0. The fourth-order valence-electron chi connectivity index (χ4n) is 3.29. The third-order valence-corrected chi connectivity index (χ3v) is 4.92. The first-order chi connectivity index (χ1) is 13.8. The molecule has 2 amide bonds. The molecule has 2 heterocycles. The maximum Gasteiger partial charge on any atom is 0.409 e. The highest BCUT2D eigenvalue weighted by Crippen LogP contribution is 2.17. The van der Waals surface area contributed by atoms with Gasteiger partial charge in [-0.2, -0.15) is 9.90 Å². The Bertz CT molecular complexity index is 898. The summed E-state index contributed by atoms with van der Waals surface area (Å²) in [5.74, 6) is 0.137. The molecule has 1 aliphatic heterocycles. The molecule has 0 unspecified atom stereocenters. The second kappa shape index (κ2) is 8.63. The van der Waals surface area contributed by atoms with Crippen molar-refractivity contribution >= 4 is 12.0 Å². The number of ether oxygens (including phenoxy) is 1. The lowest BCUT2D eigenvalue weighted by molar-refractivity contribution is 0.0530. The number of benzene rings is 1. The molecule has 8 heteroatoms. The van der Waals surface area contributed by atoms with E-state index < -0.39 is 0 Å². The Morgan fingerprint density at radius 2 is 1.69 bits per heavy atom. The molecule has 0 saturated carbocycles. The van der Waals surface area contributed by atoms with Crippen LogP contribution < -0.4 is 0 Å². The van der Waals surface area contributed by atoms with E-state index in [2.05, 4.69) is 16.3 Å². The number of rotatable bonds is 4. The minimum atomic E-state index is -0.317. The number of carbonyl (C=O) groups excluding carboxylic acids is 2. The fourth-order valence-corrected chi connectivity index (χ4v) is 3.29. The van der Waals surface area contributed by atoms with Gasteiger partial charge in [0, 0.05) is 26.2 Å². The van der Waals surface area contributed by atoms with Crippen LogP contribution in [0.1, 0.15) is 41.2 Å². The number of aromatic nitrogens is 3. The molecule has 0 aliphatic carbocycles. The van der Waals surface area contributed by atoms with Crippen molar-refractivity contribution in [2.75, 3.05) is 32.8 Å². The molecule has 3 rings (SSSR count). The number of amides is 2. The third-order valence-electron chi connectivity index (χ3n) is 4.92. The lowest BCUT2D eigenvalue weighted by Gasteiger charge is -2.33. The standard InChI is InChI=1S/C21H29N5O3/c1-14(2)13-29-21(28)25-10-8-24(9-11-25)20(27)19-17(5)22-26(23-19)18-7-6-15(3)12-16(18)4/h6-7,12,14H,8-11,13H2,1-5H3. The van der Waals surface area contributed by atoms with Crippen molar-refractivity contribution in [1.82, 2.24) is 24.8 Å². The van der Waals surface area contributed by atoms with E-state index >= 15 is 0 Å². The van der Waals surface area contributed by atoms with Crippen LogP contribution >= 0.6 is 0 Å². The van der Waals surface area contributed by atoms with Gasteiger partial charge >= 0.3 is 6.09 Å². The molecule has 0 N–H and O–H groups in total. The first-order valence-electron chi connectivity index (χ1n) is 9.98. The van der Waals surface area contributed by atoms with E-state index in [-0.39, 0.29) is 12.0 Å². The molecule has 0 spiro atoms. The molecule has 1 aromatic carbocycles. The van der Waals surface area contributed by atoms with Gasteiger partial charge in [-0.3, -0.25) is 4.79 Å². The van der Waals surface area contributed by atoms with Crippen LogP contribution in [0.4, 0.5) is 4.79 Å². The van der Waals surface area contributed by atoms with Gasteiger partial charge in [-0.25, -0.2) is 4.79 Å². The normalized spacial score (nSPS) is 14.4. The Morgan fingerprint density at radius 1 is 1.03 bits per heavy atom. The number of piperazine rings is 1. The smallest absolute Gasteiger partial charge is 0.409 e. The Kier molecular flexibility index (Phi) is 6.20. The first-order valence-corrected chi connectivity index (χ1v) is 9.98. The van der Waals surface area contributed by atoms with Crippen LogP contribution in [0.3, 0.4) is 0 Å². The van der Waals surface area contributed by atoms with Crippen LogP contribution in [0.15, 0.2) is 18.2 Å². The van der Waals surface area contributed by atoms with E-state index in [0.717, 1.165) is 16.8 Å². The Balaban J connectivity index is 1.66. The van der Waals surface area contributed by atoms with Crippen molar-refractivity contribution in [1.29, 1.82) is 0 Å². The number of nitrogens with zero attached hydrogens (tertiary/aromatic N) is 5. The zero-order chi connectivity index (χ0) is 21.1. The van der Waals surface area contributed by atoms with Gasteiger partial charge in [0.2, 0.25) is 0 Å². The van der Waals surface area contributed by atoms with Crippen molar-refractivity contribution in [3.05, 3.63) is 40.7 Å². The summed E-state index contributed by atoms with van der Waals surface area (Å²) in [5.41, 5.74) is 4.01. The minimum absolute atomic E-state index is 0.159. The van der Waals surface area contributed by atoms with Crippen LogP contribution in [-0.2, 0) is 4.74 Å². The molecule has 0 radical (unpaired) electrons. The molecule has 1 aliphatic rings. The van der Waals surface area contributed by atoms with E-state index in [1.807, 2.05) is 39.8 Å². The lowest BCUT2D eigenvalue weighted by Crippen LogP contribution is -2.51. The number of hydrogen-bond donors (Lipinski definition) is 0. The minimum Gasteiger partial charge on any atom is -0.449 e. The van der Waals surface area contributed by atoms with Crippen molar-refractivity contribution < 1.29 is 14.3 Å². The Hall–Kier alpha value is -2.90. The lowest BCUT2D eigenvalue weighted by atomic mass is 10.1. The van der Waals surface area contributed by atoms with Crippen molar-refractivity contribution in [3.8, 4) is 5.69 Å². The van der Waals surface area contributed by atoms with Crippen LogP contribution in [0, 0.1) is 26.7 Å². The SMILES string of the molecule is Cc1ccc(-n2nc(C)c(C(=O)N3CCN(C(=O)OCC(C)C)CC3)n2)c(C)c1. The van der Waals surface area contributed by atoms with Crippen LogP contribution in [0.2, 0.25) is 0 Å². The Morgan fingerprint density at radius 3 is 2.31 bits per heavy atom. The average molecular weight is 399 g/mol. The van der Waals surface area contributed by atoms with E-state index in [0.29, 0.717) is 50.1 Å². The summed E-state index contributed by atoms with van der Waals surface area (Å²) in [6, 6.07) is 6.02. The maximum atomic E-state index is 13.0. The fraction of sp³-hybridized carbons (Fsp3) is 0.524. The summed E-state index contributed by atoms with van der Waals surface area (Å²) < 4.78 is 5.27. The molecule has 0 bridgehead atoms. The van der Waals surface area contributed by atoms with E-state index in [9.17, 15) is 9.59 Å². The van der Waals surface area contributed by atoms with E-state index in [1.54, 1.807) is 16.7 Å². The monoisotopic (exact) mass is 399 g/mol. The second-order valence-corrected chi connectivity index (χ2v) is 7.96. The molecule has 2 aromatic rings. The van der Waals surface area contributed by atoms with Crippen molar-refractivity contribution in [2.45, 2.75) is 34.6 Å². The van der Waals surface area contributed by atoms with Crippen LogP contribution in [0.5, 0.6) is 0 Å². The zero-order valence-electron chi connectivity index (χ0n) is 17.8. The highest BCUT2D eigenvalue weighted by molar-refractivity contribution is 5.93. The van der Waals surface area contributed by atoms with Crippen molar-refractivity contribution in [3.63, 3.8) is 0 Å². The first kappa shape index (κ1) is 20.8. The molecular formula is C21H29N5O3. The topological polar surface area (TPSA) is 80.6 Å². The predicted molar refractivity (Wildman–Crippen MR) is 109 cm³/mol. The average Bonchev–Trinajstić information content (AvgIpc) is 3.07. The van der Waals surface area contributed by atoms with Crippen molar-refractivity contribution in [2.24, 2.45) is 5.92 Å². The number of aryl methyl sites for hydroxylation is 3. The van der Waals surface area contributed by atoms with Crippen LogP contribution in [0.25, 0.3) is 5.69 Å². The molecule has 29 heavy (non-hydrogen) atoms. The highest BCUT2D eigenvalue weighted by Gasteiger charge is 2.28. The molecule has 0 atom stereocenters. The van der Waals surface area contributed by atoms with Gasteiger partial charge < -0.3 is 14.5 Å². The number of hydrogen-bond acceptors (Lipinski definition) is 5. The largest absolute Gasteiger partial charge is 0.449 e. The summed E-state index contributed by atoms with van der Waals surface area (Å²) in [5, 5.41) is 8.90. The van der Waals surface area contributed by atoms with Gasteiger partial charge in [0.1, 0.15) is 0 Å². The summed E-state index contributed by atoms with van der Waals surface area (Å²) in [6.07, 6.45) is -0.317. The summed E-state index contributed by atoms with van der Waals surface area (Å²) in [4.78, 5) is 30.0. The van der Waals surface area contributed by atoms with Gasteiger partial charge in [0.25, 0.3) is 5.91 Å². The quantitative estimate of drug-likeness (QED) is 0.790. The molecule has 8 nitrogen and oxygen atoms in total. The van der Waals surface area contributed by atoms with Crippen LogP contribution in [-0.4, -0.2) is 69.6 Å². The van der Waals surface area contributed by atoms with Gasteiger partial charge in [-0.1, -0.05) is 31.5 Å². The summed E-state index contributed by atoms with van der Waals surface area (Å²) >= 11 is 0. The molecule has 1 aromatic heterocycles. The molecule has 156 valence electrons. The van der Waals surface area contributed by atoms with Gasteiger partial charge in [0.15, 0.2) is 5.69 Å². The molecule has 1 saturated heterocycles. The van der Waals surface area contributed by atoms with E-state index in [1.165, 1.54) is 4.80 Å². The second-order valence-electron chi connectivity index (χ2n) is 7.96. The predicted octanol–water partition coefficient (Wildman–Crippen LogP) is 2.74. The maximum absolute atomic E-state index is 13.0. The molecule has 1 fully saturated rings. The van der Waals surface area contributed by atoms with Gasteiger partial charge in [-0.15, -0.1) is 5.10 Å². The highest BCUT2D eigenvalue weighted by atomic mass is 16.6. The molecular weight excluding hydrogens is 370 g/mol. The summed E-state index contributed by atoms with van der Waals surface area (Å²) in [7, 11) is 0. The zero-order valence-corrected chi connectivity index (χ0v) is 17.8. The van der Waals surface area contributed by atoms with Gasteiger partial charge in [-0.05, 0) is 38.3 Å². The van der Waals surface area contributed by atoms with Gasteiger partial charge in [0.05, 0.1) is 18.0 Å². The third kappa shape index (κ3) is 4.75.